The number of benzene rings is 4. The molecule has 4 N–H and O–H groups in total. The zero-order valence-corrected chi connectivity index (χ0v) is 29.7. The van der Waals surface area contributed by atoms with Gasteiger partial charge in [0, 0.05) is 22.6 Å². The molecule has 0 bridgehead atoms. The van der Waals surface area contributed by atoms with Crippen molar-refractivity contribution in [1.29, 1.82) is 0 Å². The highest BCUT2D eigenvalue weighted by Gasteiger charge is 2.70. The van der Waals surface area contributed by atoms with Crippen LogP contribution in [0.3, 0.4) is 0 Å². The van der Waals surface area contributed by atoms with E-state index < -0.39 is 81.7 Å². The first-order valence-electron chi connectivity index (χ1n) is 17.6. The monoisotopic (exact) mass is 761 g/mol. The summed E-state index contributed by atoms with van der Waals surface area (Å²) in [7, 11) is 0. The number of phenols is 2. The maximum atomic E-state index is 15.3. The minimum absolute atomic E-state index is 0.00659. The summed E-state index contributed by atoms with van der Waals surface area (Å²) in [5, 5.41) is 33.2. The first-order valence-corrected chi connectivity index (χ1v) is 18.0. The van der Waals surface area contributed by atoms with E-state index in [2.05, 4.69) is 12.0 Å². The van der Waals surface area contributed by atoms with E-state index in [-0.39, 0.29) is 36.4 Å². The molecule has 2 aliphatic carbocycles. The quantitative estimate of drug-likeness (QED) is 0.116. The van der Waals surface area contributed by atoms with Crippen molar-refractivity contribution in [3.05, 3.63) is 142 Å². The molecule has 6 atom stereocenters. The number of phenolic OH excluding ortho intramolecular Hbond substituents is 1. The SMILES string of the molecule is C=CCc1cccc(C2C3=CCC4C(=O)N(c5ccc(C(=O)O)c(O)c5)C(=O)C4C3CC3C(=O)N(Nc4ccc(F)cc4)C(=O)C32c2ccc(Cl)cc2)c1O. The molecule has 11 nitrogen and oxygen atoms in total. The Morgan fingerprint density at radius 3 is 2.35 bits per heavy atom. The highest BCUT2D eigenvalue weighted by molar-refractivity contribution is 6.30. The van der Waals surface area contributed by atoms with E-state index in [9.17, 15) is 38.9 Å². The Hall–Kier alpha value is -6.27. The summed E-state index contributed by atoms with van der Waals surface area (Å²) < 4.78 is 13.9. The molecule has 4 aromatic carbocycles. The molecule has 0 aromatic heterocycles. The van der Waals surface area contributed by atoms with E-state index in [1.54, 1.807) is 48.5 Å². The number of rotatable bonds is 8. The molecule has 1 saturated carbocycles. The molecule has 6 unspecified atom stereocenters. The molecule has 8 rings (SSSR count). The second-order valence-electron chi connectivity index (χ2n) is 14.2. The zero-order chi connectivity index (χ0) is 38.9. The number of hydrogen-bond donors (Lipinski definition) is 4. The van der Waals surface area contributed by atoms with Gasteiger partial charge < -0.3 is 15.3 Å². The summed E-state index contributed by atoms with van der Waals surface area (Å²) >= 11 is 6.35. The van der Waals surface area contributed by atoms with Crippen molar-refractivity contribution >= 4 is 52.6 Å². The zero-order valence-electron chi connectivity index (χ0n) is 29.0. The molecule has 3 fully saturated rings. The number of carboxylic acids is 1. The number of amides is 4. The van der Waals surface area contributed by atoms with Crippen molar-refractivity contribution in [1.82, 2.24) is 5.01 Å². The highest BCUT2D eigenvalue weighted by atomic mass is 35.5. The number of aromatic hydroxyl groups is 2. The Labute approximate surface area is 318 Å². The predicted octanol–water partition coefficient (Wildman–Crippen LogP) is 6.51. The van der Waals surface area contributed by atoms with Gasteiger partial charge >= 0.3 is 5.97 Å². The number of hydrazine groups is 1. The number of carboxylic acid groups (broad SMARTS) is 1. The summed E-state index contributed by atoms with van der Waals surface area (Å²) in [6, 6.07) is 20.3. The number of aromatic carboxylic acids is 1. The van der Waals surface area contributed by atoms with Crippen molar-refractivity contribution in [2.24, 2.45) is 23.7 Å². The average molecular weight is 762 g/mol. The largest absolute Gasteiger partial charge is 0.507 e. The van der Waals surface area contributed by atoms with Gasteiger partial charge in [-0.25, -0.2) is 14.1 Å². The number of nitrogens with one attached hydrogen (secondary N) is 1. The maximum Gasteiger partial charge on any atom is 0.339 e. The summed E-state index contributed by atoms with van der Waals surface area (Å²) in [6.45, 7) is 3.82. The van der Waals surface area contributed by atoms with Crippen molar-refractivity contribution in [2.45, 2.75) is 30.6 Å². The number of imide groups is 2. The number of carbonyl (C=O) groups is 5. The van der Waals surface area contributed by atoms with Crippen LogP contribution in [0.25, 0.3) is 0 Å². The standard InChI is InChI=1S/C42H33ClFN3O8/c1-2-4-21-5-3-6-30(36(21)49)35-27-17-18-29-34(39(52)46(37(29)50)26-15-16-28(40(53)54)33(48)19-26)31(27)20-32-38(51)47(45-25-13-11-24(44)12-14-25)41(55)42(32,35)22-7-9-23(43)10-8-22/h2-3,5-17,19,29,31-32,34-35,45,48-49H,1,4,18,20H2,(H,53,54). The Kier molecular flexibility index (Phi) is 8.60. The van der Waals surface area contributed by atoms with Gasteiger partial charge in [0.15, 0.2) is 0 Å². The molecule has 0 spiro atoms. The molecular weight excluding hydrogens is 729 g/mol. The third kappa shape index (κ3) is 5.34. The van der Waals surface area contributed by atoms with Crippen LogP contribution in [0.2, 0.25) is 5.02 Å². The molecule has 2 heterocycles. The van der Waals surface area contributed by atoms with Gasteiger partial charge in [-0.1, -0.05) is 59.7 Å². The van der Waals surface area contributed by atoms with Crippen LogP contribution in [0, 0.1) is 29.5 Å². The van der Waals surface area contributed by atoms with Crippen LogP contribution in [0.1, 0.15) is 45.8 Å². The molecule has 278 valence electrons. The van der Waals surface area contributed by atoms with E-state index in [0.29, 0.717) is 27.3 Å². The van der Waals surface area contributed by atoms with Crippen LogP contribution in [-0.4, -0.2) is 49.9 Å². The first kappa shape index (κ1) is 35.7. The van der Waals surface area contributed by atoms with Crippen molar-refractivity contribution in [3.63, 3.8) is 0 Å². The van der Waals surface area contributed by atoms with E-state index in [1.807, 2.05) is 6.08 Å². The normalized spacial score (nSPS) is 25.6. The predicted molar refractivity (Wildman–Crippen MR) is 199 cm³/mol. The molecule has 55 heavy (non-hydrogen) atoms. The number of anilines is 2. The van der Waals surface area contributed by atoms with E-state index >= 15 is 4.79 Å². The summed E-state index contributed by atoms with van der Waals surface area (Å²) in [5.41, 5.74) is 2.94. The maximum absolute atomic E-state index is 15.3. The van der Waals surface area contributed by atoms with Gasteiger partial charge in [-0.05, 0) is 84.8 Å². The number of nitrogens with zero attached hydrogens (tertiary/aromatic N) is 2. The van der Waals surface area contributed by atoms with Gasteiger partial charge in [0.1, 0.15) is 22.9 Å². The third-order valence-electron chi connectivity index (χ3n) is 11.6. The number of allylic oxidation sites excluding steroid dienone is 3. The first-order chi connectivity index (χ1) is 26.4. The lowest BCUT2D eigenvalue weighted by atomic mass is 9.49. The van der Waals surface area contributed by atoms with Gasteiger partial charge in [0.05, 0.1) is 34.5 Å². The summed E-state index contributed by atoms with van der Waals surface area (Å²) in [5.74, 6) is -9.87. The Balaban J connectivity index is 1.32. The lowest BCUT2D eigenvalue weighted by Gasteiger charge is -2.50. The second-order valence-corrected chi connectivity index (χ2v) is 14.7. The molecule has 4 aliphatic rings. The lowest BCUT2D eigenvalue weighted by molar-refractivity contribution is -0.138. The Morgan fingerprint density at radius 1 is 0.945 bits per heavy atom. The fraction of sp³-hybridized carbons (Fsp3) is 0.214. The minimum atomic E-state index is -1.70. The smallest absolute Gasteiger partial charge is 0.339 e. The molecule has 4 aromatic rings. The van der Waals surface area contributed by atoms with E-state index in [1.165, 1.54) is 30.3 Å². The molecule has 4 amide bonds. The summed E-state index contributed by atoms with van der Waals surface area (Å²) in [6.07, 6.45) is 3.79. The fourth-order valence-corrected chi connectivity index (χ4v) is 9.38. The van der Waals surface area contributed by atoms with Crippen LogP contribution in [-0.2, 0) is 31.0 Å². The van der Waals surface area contributed by atoms with Crippen molar-refractivity contribution in [3.8, 4) is 11.5 Å². The minimum Gasteiger partial charge on any atom is -0.507 e. The second kappa shape index (κ2) is 13.2. The van der Waals surface area contributed by atoms with Gasteiger partial charge in [0.2, 0.25) is 11.8 Å². The Morgan fingerprint density at radius 2 is 1.67 bits per heavy atom. The van der Waals surface area contributed by atoms with Crippen LogP contribution >= 0.6 is 11.6 Å². The number of hydrogen-bond acceptors (Lipinski definition) is 8. The topological polar surface area (TPSA) is 165 Å². The van der Waals surface area contributed by atoms with Gasteiger partial charge in [0.25, 0.3) is 11.8 Å². The van der Waals surface area contributed by atoms with E-state index in [4.69, 9.17) is 11.6 Å². The van der Waals surface area contributed by atoms with E-state index in [0.717, 1.165) is 22.0 Å². The number of carbonyl (C=O) groups excluding carboxylic acids is 4. The number of halogens is 2. The molecular formula is C42H33ClFN3O8. The Bertz CT molecular complexity index is 2360. The number of fused-ring (bicyclic) bond motifs is 4. The fourth-order valence-electron chi connectivity index (χ4n) is 9.26. The molecule has 0 radical (unpaired) electrons. The van der Waals surface area contributed by atoms with Crippen LogP contribution in [0.15, 0.2) is 109 Å². The van der Waals surface area contributed by atoms with Crippen molar-refractivity contribution in [2.75, 3.05) is 10.3 Å². The van der Waals surface area contributed by atoms with Gasteiger partial charge in [-0.15, -0.1) is 6.58 Å². The third-order valence-corrected chi connectivity index (χ3v) is 11.8. The van der Waals surface area contributed by atoms with Crippen LogP contribution in [0.4, 0.5) is 15.8 Å². The average Bonchev–Trinajstić information content (AvgIpc) is 3.54. The highest BCUT2D eigenvalue weighted by Crippen LogP contribution is 2.65. The van der Waals surface area contributed by atoms with Gasteiger partial charge in [-0.3, -0.25) is 24.6 Å². The summed E-state index contributed by atoms with van der Waals surface area (Å²) in [4.78, 5) is 71.3. The number of para-hydroxylation sites is 1. The van der Waals surface area contributed by atoms with Gasteiger partial charge in [-0.2, -0.15) is 5.01 Å². The molecule has 2 saturated heterocycles. The lowest BCUT2D eigenvalue weighted by Crippen LogP contribution is -2.53. The van der Waals surface area contributed by atoms with Crippen LogP contribution in [0.5, 0.6) is 11.5 Å². The van der Waals surface area contributed by atoms with Crippen molar-refractivity contribution < 1.29 is 43.7 Å². The molecule has 2 aliphatic heterocycles. The molecule has 13 heteroatoms. The van der Waals surface area contributed by atoms with Crippen LogP contribution < -0.4 is 10.3 Å².